The predicted molar refractivity (Wildman–Crippen MR) is 77.4 cm³/mol. The molecule has 1 aliphatic rings. The lowest BCUT2D eigenvalue weighted by Gasteiger charge is -2.33. The third-order valence-electron chi connectivity index (χ3n) is 4.42. The van der Waals surface area contributed by atoms with Crippen LogP contribution >= 0.6 is 0 Å². The lowest BCUT2D eigenvalue weighted by Crippen LogP contribution is -2.27. The van der Waals surface area contributed by atoms with Gasteiger partial charge >= 0.3 is 0 Å². The highest BCUT2D eigenvalue weighted by Crippen LogP contribution is 2.38. The zero-order valence-corrected chi connectivity index (χ0v) is 12.5. The van der Waals surface area contributed by atoms with Gasteiger partial charge in [-0.1, -0.05) is 26.0 Å². The van der Waals surface area contributed by atoms with Gasteiger partial charge in [0.15, 0.2) is 11.6 Å². The van der Waals surface area contributed by atoms with Gasteiger partial charge in [-0.25, -0.2) is 4.39 Å². The first-order valence-corrected chi connectivity index (χ1v) is 7.27. The Morgan fingerprint density at radius 1 is 1.35 bits per heavy atom. The molecular weight excluding hydrogens is 255 g/mol. The van der Waals surface area contributed by atoms with Crippen LogP contribution in [0.25, 0.3) is 0 Å². The van der Waals surface area contributed by atoms with E-state index in [4.69, 9.17) is 4.74 Å². The van der Waals surface area contributed by atoms with Gasteiger partial charge in [0.1, 0.15) is 5.78 Å². The van der Waals surface area contributed by atoms with Gasteiger partial charge in [0.2, 0.25) is 0 Å². The molecule has 0 aliphatic heterocycles. The van der Waals surface area contributed by atoms with E-state index in [-0.39, 0.29) is 23.9 Å². The Morgan fingerprint density at radius 2 is 2.00 bits per heavy atom. The van der Waals surface area contributed by atoms with Crippen molar-refractivity contribution in [3.63, 3.8) is 0 Å². The predicted octanol–water partition coefficient (Wildman–Crippen LogP) is 4.16. The van der Waals surface area contributed by atoms with Crippen LogP contribution in [0.2, 0.25) is 0 Å². The molecule has 1 aromatic rings. The molecule has 0 bridgehead atoms. The first-order chi connectivity index (χ1) is 9.43. The monoisotopic (exact) mass is 278 g/mol. The second-order valence-corrected chi connectivity index (χ2v) is 6.51. The molecule has 110 valence electrons. The Kier molecular flexibility index (Phi) is 4.46. The molecule has 3 heteroatoms. The molecule has 0 atom stereocenters. The van der Waals surface area contributed by atoms with Crippen molar-refractivity contribution in [3.05, 3.63) is 29.6 Å². The maximum absolute atomic E-state index is 14.0. The normalized spacial score (nSPS) is 18.8. The molecule has 0 amide bonds. The molecule has 1 saturated carbocycles. The highest BCUT2D eigenvalue weighted by atomic mass is 19.1. The van der Waals surface area contributed by atoms with Crippen molar-refractivity contribution in [2.24, 2.45) is 11.3 Å². The third-order valence-corrected chi connectivity index (χ3v) is 4.42. The van der Waals surface area contributed by atoms with Gasteiger partial charge in [-0.05, 0) is 42.7 Å². The van der Waals surface area contributed by atoms with E-state index in [1.807, 2.05) is 0 Å². The van der Waals surface area contributed by atoms with Crippen LogP contribution in [0.1, 0.15) is 45.1 Å². The number of hydrogen-bond donors (Lipinski definition) is 0. The largest absolute Gasteiger partial charge is 0.494 e. The number of ketones is 1. The van der Waals surface area contributed by atoms with E-state index >= 15 is 0 Å². The molecule has 0 unspecified atom stereocenters. The molecule has 2 rings (SSSR count). The minimum Gasteiger partial charge on any atom is -0.494 e. The fourth-order valence-electron chi connectivity index (χ4n) is 2.90. The summed E-state index contributed by atoms with van der Waals surface area (Å²) >= 11 is 0. The van der Waals surface area contributed by atoms with Crippen LogP contribution in [-0.4, -0.2) is 12.9 Å². The average Bonchev–Trinajstić information content (AvgIpc) is 2.41. The van der Waals surface area contributed by atoms with Gasteiger partial charge in [0, 0.05) is 12.3 Å². The molecule has 1 fully saturated rings. The number of halogens is 1. The molecule has 0 heterocycles. The first-order valence-electron chi connectivity index (χ1n) is 7.27. The summed E-state index contributed by atoms with van der Waals surface area (Å²) in [5.41, 5.74) is 0.789. The Balaban J connectivity index is 2.02. The van der Waals surface area contributed by atoms with Gasteiger partial charge in [-0.15, -0.1) is 0 Å². The minimum absolute atomic E-state index is 0.0913. The molecule has 0 spiro atoms. The Hall–Kier alpha value is -1.38. The quantitative estimate of drug-likeness (QED) is 0.826. The molecule has 20 heavy (non-hydrogen) atoms. The van der Waals surface area contributed by atoms with E-state index in [2.05, 4.69) is 13.8 Å². The number of Topliss-reactive ketones (excluding diaryl/α,β-unsaturated/α-hetero) is 1. The SMILES string of the molecule is COc1cccc(CC(=O)C2CCC(C)(C)CC2)c1F. The van der Waals surface area contributed by atoms with Gasteiger partial charge in [0.05, 0.1) is 7.11 Å². The van der Waals surface area contributed by atoms with Crippen LogP contribution in [0.3, 0.4) is 0 Å². The molecule has 1 aliphatic carbocycles. The third kappa shape index (κ3) is 3.38. The summed E-state index contributed by atoms with van der Waals surface area (Å²) in [6.45, 7) is 4.49. The molecule has 0 saturated heterocycles. The maximum Gasteiger partial charge on any atom is 0.168 e. The summed E-state index contributed by atoms with van der Waals surface area (Å²) in [5.74, 6) is 0.0563. The van der Waals surface area contributed by atoms with Crippen molar-refractivity contribution >= 4 is 5.78 Å². The summed E-state index contributed by atoms with van der Waals surface area (Å²) in [6.07, 6.45) is 4.18. The van der Waals surface area contributed by atoms with Gasteiger partial charge in [-0.3, -0.25) is 4.79 Å². The fraction of sp³-hybridized carbons (Fsp3) is 0.588. The Bertz CT molecular complexity index is 484. The van der Waals surface area contributed by atoms with Gasteiger partial charge < -0.3 is 4.74 Å². The highest BCUT2D eigenvalue weighted by molar-refractivity contribution is 5.83. The fourth-order valence-corrected chi connectivity index (χ4v) is 2.90. The number of ether oxygens (including phenoxy) is 1. The highest BCUT2D eigenvalue weighted by Gasteiger charge is 2.30. The number of rotatable bonds is 4. The maximum atomic E-state index is 14.0. The van der Waals surface area contributed by atoms with Crippen LogP contribution in [0.5, 0.6) is 5.75 Å². The summed E-state index contributed by atoms with van der Waals surface area (Å²) in [4.78, 5) is 12.3. The molecular formula is C17H23FO2. The second kappa shape index (κ2) is 5.94. The minimum atomic E-state index is -0.403. The van der Waals surface area contributed by atoms with Crippen molar-refractivity contribution in [2.45, 2.75) is 46.0 Å². The molecule has 1 aromatic carbocycles. The second-order valence-electron chi connectivity index (χ2n) is 6.51. The van der Waals surface area contributed by atoms with Crippen LogP contribution < -0.4 is 4.74 Å². The van der Waals surface area contributed by atoms with E-state index in [9.17, 15) is 9.18 Å². The van der Waals surface area contributed by atoms with Crippen molar-refractivity contribution in [1.82, 2.24) is 0 Å². The summed E-state index contributed by atoms with van der Waals surface area (Å²) in [7, 11) is 1.44. The van der Waals surface area contributed by atoms with Crippen LogP contribution in [0.15, 0.2) is 18.2 Å². The van der Waals surface area contributed by atoms with Gasteiger partial charge in [-0.2, -0.15) is 0 Å². The molecule has 0 aromatic heterocycles. The lowest BCUT2D eigenvalue weighted by molar-refractivity contribution is -0.123. The summed E-state index contributed by atoms with van der Waals surface area (Å²) in [5, 5.41) is 0. The first kappa shape index (κ1) is 15.0. The van der Waals surface area contributed by atoms with E-state index in [1.165, 1.54) is 7.11 Å². The molecule has 2 nitrogen and oxygen atoms in total. The van der Waals surface area contributed by atoms with E-state index in [0.29, 0.717) is 11.0 Å². The number of benzene rings is 1. The van der Waals surface area contributed by atoms with E-state index in [1.54, 1.807) is 18.2 Å². The molecule has 0 N–H and O–H groups in total. The van der Waals surface area contributed by atoms with E-state index in [0.717, 1.165) is 25.7 Å². The topological polar surface area (TPSA) is 26.3 Å². The smallest absolute Gasteiger partial charge is 0.168 e. The van der Waals surface area contributed by atoms with Crippen LogP contribution in [0, 0.1) is 17.2 Å². The van der Waals surface area contributed by atoms with Crippen molar-refractivity contribution in [1.29, 1.82) is 0 Å². The standard InChI is InChI=1S/C17H23FO2/c1-17(2)9-7-12(8-10-17)14(19)11-13-5-4-6-15(20-3)16(13)18/h4-6,12H,7-11H2,1-3H3. The number of carbonyl (C=O) groups excluding carboxylic acids is 1. The zero-order valence-electron chi connectivity index (χ0n) is 12.5. The van der Waals surface area contributed by atoms with E-state index < -0.39 is 5.82 Å². The molecule has 0 radical (unpaired) electrons. The Labute approximate surface area is 120 Å². The van der Waals surface area contributed by atoms with Gasteiger partial charge in [0.25, 0.3) is 0 Å². The number of hydrogen-bond acceptors (Lipinski definition) is 2. The Morgan fingerprint density at radius 3 is 2.60 bits per heavy atom. The van der Waals surface area contributed by atoms with Crippen molar-refractivity contribution in [2.75, 3.05) is 7.11 Å². The number of methoxy groups -OCH3 is 1. The van der Waals surface area contributed by atoms with Crippen molar-refractivity contribution in [3.8, 4) is 5.75 Å². The number of carbonyl (C=O) groups is 1. The van der Waals surface area contributed by atoms with Crippen molar-refractivity contribution < 1.29 is 13.9 Å². The van der Waals surface area contributed by atoms with Crippen LogP contribution in [0.4, 0.5) is 4.39 Å². The summed E-state index contributed by atoms with van der Waals surface area (Å²) in [6, 6.07) is 4.98. The van der Waals surface area contributed by atoms with Crippen LogP contribution in [-0.2, 0) is 11.2 Å². The lowest BCUT2D eigenvalue weighted by atomic mass is 9.71. The average molecular weight is 278 g/mol. The summed E-state index contributed by atoms with van der Waals surface area (Å²) < 4.78 is 19.0. The zero-order chi connectivity index (χ0) is 14.8.